The second-order valence-corrected chi connectivity index (χ2v) is 15.7. The van der Waals surface area contributed by atoms with Crippen molar-refractivity contribution < 1.29 is 19.1 Å². The van der Waals surface area contributed by atoms with Crippen molar-refractivity contribution in [2.24, 2.45) is 25.9 Å². The maximum atomic E-state index is 12.8. The summed E-state index contributed by atoms with van der Waals surface area (Å²) >= 11 is 6.55. The Balaban J connectivity index is 0.850. The van der Waals surface area contributed by atoms with Gasteiger partial charge < -0.3 is 25.2 Å². The molecule has 3 amide bonds. The normalized spacial score (nSPS) is 18.3. The van der Waals surface area contributed by atoms with Crippen molar-refractivity contribution >= 4 is 74.4 Å². The van der Waals surface area contributed by atoms with E-state index in [0.29, 0.717) is 58.2 Å². The third kappa shape index (κ3) is 7.95. The highest BCUT2D eigenvalue weighted by Gasteiger charge is 2.32. The van der Waals surface area contributed by atoms with Gasteiger partial charge in [0.2, 0.25) is 17.8 Å². The van der Waals surface area contributed by atoms with Gasteiger partial charge in [-0.25, -0.2) is 9.97 Å². The number of imide groups is 1. The Morgan fingerprint density at radius 2 is 1.68 bits per heavy atom. The molecule has 3 N–H and O–H groups in total. The van der Waals surface area contributed by atoms with E-state index in [9.17, 15) is 19.2 Å². The number of ether oxygens (including phenoxy) is 1. The number of benzene rings is 1. The molecule has 0 aliphatic carbocycles. The number of anilines is 4. The number of aryl methyl sites for hydroxylation is 2. The highest BCUT2D eigenvalue weighted by molar-refractivity contribution is 6.33. The summed E-state index contributed by atoms with van der Waals surface area (Å²) in [5.41, 5.74) is 3.60. The molecule has 57 heavy (non-hydrogen) atoms. The number of fused-ring (bicyclic) bond motifs is 2. The van der Waals surface area contributed by atoms with Gasteiger partial charge in [-0.2, -0.15) is 10.1 Å². The standard InChI is InChI=1S/C40H46ClN11O5/c1-42-34(54)22-57-32-18-25-17-26(20-43-37(25)49(2)39(32)56)45-36-30(41)21-44-40(47-36)52-14-10-24(11-15-52)16-23-8-12-51(13-9-23)27-4-5-28-31(19-27)50(3)48-35(28)29-6-7-33(53)46-38(29)55/h4-5,17-21,23-24,29H,6-16,22H2,1-3H3,(H,42,54)(H,44,45,47)(H,46,53,55). The number of halogens is 1. The molecule has 0 spiro atoms. The number of hydrogen-bond donors (Lipinski definition) is 3. The lowest BCUT2D eigenvalue weighted by Gasteiger charge is -2.37. The maximum Gasteiger partial charge on any atom is 0.294 e. The van der Waals surface area contributed by atoms with E-state index < -0.39 is 11.5 Å². The van der Waals surface area contributed by atoms with Crippen LogP contribution in [0.25, 0.3) is 21.9 Å². The van der Waals surface area contributed by atoms with Crippen LogP contribution in [0.15, 0.2) is 47.5 Å². The van der Waals surface area contributed by atoms with Crippen LogP contribution in [0.1, 0.15) is 56.6 Å². The van der Waals surface area contributed by atoms with Gasteiger partial charge in [0.15, 0.2) is 18.2 Å². The number of nitrogens with one attached hydrogen (secondary N) is 3. The van der Waals surface area contributed by atoms with Gasteiger partial charge in [-0.15, -0.1) is 0 Å². The topological polar surface area (TPSA) is 181 Å². The molecular formula is C40H46ClN11O5. The van der Waals surface area contributed by atoms with E-state index in [1.807, 2.05) is 17.8 Å². The van der Waals surface area contributed by atoms with Crippen LogP contribution in [0, 0.1) is 11.8 Å². The fourth-order valence-corrected chi connectivity index (χ4v) is 8.53. The Bertz CT molecular complexity index is 2420. The Kier molecular flexibility index (Phi) is 10.7. The monoisotopic (exact) mass is 795 g/mol. The molecule has 298 valence electrons. The molecule has 0 bridgehead atoms. The summed E-state index contributed by atoms with van der Waals surface area (Å²) in [4.78, 5) is 67.2. The van der Waals surface area contributed by atoms with Gasteiger partial charge in [-0.1, -0.05) is 11.6 Å². The van der Waals surface area contributed by atoms with E-state index in [1.54, 1.807) is 25.5 Å². The molecule has 1 unspecified atom stereocenters. The summed E-state index contributed by atoms with van der Waals surface area (Å²) in [5.74, 6) is 1.20. The predicted octanol–water partition coefficient (Wildman–Crippen LogP) is 4.18. The molecule has 1 atom stereocenters. The van der Waals surface area contributed by atoms with Crippen LogP contribution >= 0.6 is 11.6 Å². The Morgan fingerprint density at radius 3 is 2.40 bits per heavy atom. The first kappa shape index (κ1) is 38.1. The largest absolute Gasteiger partial charge is 0.478 e. The summed E-state index contributed by atoms with van der Waals surface area (Å²) in [5, 5.41) is 14.9. The number of likely N-dealkylation sites (N-methyl/N-ethyl adjacent to an activating group) is 1. The molecular weight excluding hydrogens is 750 g/mol. The lowest BCUT2D eigenvalue weighted by atomic mass is 9.82. The van der Waals surface area contributed by atoms with E-state index in [1.165, 1.54) is 23.7 Å². The quantitative estimate of drug-likeness (QED) is 0.172. The van der Waals surface area contributed by atoms with Gasteiger partial charge in [-0.05, 0) is 80.7 Å². The molecule has 3 aliphatic heterocycles. The summed E-state index contributed by atoms with van der Waals surface area (Å²) in [6.07, 6.45) is 9.68. The van der Waals surface area contributed by atoms with Crippen molar-refractivity contribution in [1.82, 2.24) is 39.9 Å². The minimum atomic E-state index is -0.409. The van der Waals surface area contributed by atoms with E-state index in [2.05, 4.69) is 53.9 Å². The van der Waals surface area contributed by atoms with Crippen LogP contribution in [-0.4, -0.2) is 86.9 Å². The number of piperidine rings is 3. The maximum absolute atomic E-state index is 12.8. The van der Waals surface area contributed by atoms with Gasteiger partial charge in [-0.3, -0.25) is 33.7 Å². The average molecular weight is 796 g/mol. The second-order valence-electron chi connectivity index (χ2n) is 15.3. The first-order valence-electron chi connectivity index (χ1n) is 19.5. The number of rotatable bonds is 10. The van der Waals surface area contributed by atoms with Crippen LogP contribution in [-0.2, 0) is 28.5 Å². The summed E-state index contributed by atoms with van der Waals surface area (Å²) in [6.45, 7) is 3.45. The summed E-state index contributed by atoms with van der Waals surface area (Å²) in [7, 11) is 5.02. The van der Waals surface area contributed by atoms with Crippen molar-refractivity contribution in [2.45, 2.75) is 50.9 Å². The fraction of sp³-hybridized carbons (Fsp3) is 0.450. The van der Waals surface area contributed by atoms with E-state index in [-0.39, 0.29) is 30.1 Å². The molecule has 7 heterocycles. The number of hydrogen-bond acceptors (Lipinski definition) is 12. The fourth-order valence-electron chi connectivity index (χ4n) is 8.40. The molecule has 0 saturated carbocycles. The van der Waals surface area contributed by atoms with Crippen LogP contribution in [0.3, 0.4) is 0 Å². The number of carbonyl (C=O) groups is 3. The summed E-state index contributed by atoms with van der Waals surface area (Å²) in [6, 6.07) is 9.80. The molecule has 8 rings (SSSR count). The minimum absolute atomic E-state index is 0.0485. The van der Waals surface area contributed by atoms with Crippen LogP contribution in [0.4, 0.5) is 23.1 Å². The Hall–Kier alpha value is -5.77. The van der Waals surface area contributed by atoms with Crippen LogP contribution < -0.4 is 36.0 Å². The summed E-state index contributed by atoms with van der Waals surface area (Å²) < 4.78 is 8.72. The van der Waals surface area contributed by atoms with Crippen LogP contribution in [0.2, 0.25) is 5.02 Å². The molecule has 0 radical (unpaired) electrons. The third-order valence-corrected chi connectivity index (χ3v) is 11.9. The van der Waals surface area contributed by atoms with Crippen LogP contribution in [0.5, 0.6) is 5.75 Å². The highest BCUT2D eigenvalue weighted by atomic mass is 35.5. The van der Waals surface area contributed by atoms with E-state index in [0.717, 1.165) is 68.5 Å². The smallest absolute Gasteiger partial charge is 0.294 e. The minimum Gasteiger partial charge on any atom is -0.478 e. The van der Waals surface area contributed by atoms with Gasteiger partial charge in [0.25, 0.3) is 11.5 Å². The Labute approximate surface area is 333 Å². The molecule has 3 fully saturated rings. The number of nitrogens with zero attached hydrogens (tertiary/aromatic N) is 8. The van der Waals surface area contributed by atoms with Crippen molar-refractivity contribution in [3.8, 4) is 5.75 Å². The molecule has 17 heteroatoms. The first-order valence-corrected chi connectivity index (χ1v) is 19.9. The van der Waals surface area contributed by atoms with E-state index in [4.69, 9.17) is 26.4 Å². The third-order valence-electron chi connectivity index (χ3n) is 11.6. The molecule has 4 aromatic heterocycles. The second kappa shape index (κ2) is 16.0. The number of aromatic nitrogens is 6. The van der Waals surface area contributed by atoms with Crippen molar-refractivity contribution in [2.75, 3.05) is 55.0 Å². The zero-order valence-electron chi connectivity index (χ0n) is 32.3. The molecule has 3 aliphatic rings. The molecule has 16 nitrogen and oxygen atoms in total. The van der Waals surface area contributed by atoms with Crippen molar-refractivity contribution in [3.63, 3.8) is 0 Å². The number of amides is 3. The van der Waals surface area contributed by atoms with E-state index >= 15 is 0 Å². The van der Waals surface area contributed by atoms with Gasteiger partial charge in [0.1, 0.15) is 10.7 Å². The van der Waals surface area contributed by atoms with Gasteiger partial charge in [0, 0.05) is 70.2 Å². The molecule has 1 aromatic carbocycles. The Morgan fingerprint density at radius 1 is 0.947 bits per heavy atom. The lowest BCUT2D eigenvalue weighted by Crippen LogP contribution is -2.39. The first-order chi connectivity index (χ1) is 27.5. The van der Waals surface area contributed by atoms with Crippen molar-refractivity contribution in [3.05, 3.63) is 63.8 Å². The van der Waals surface area contributed by atoms with Crippen molar-refractivity contribution in [1.29, 1.82) is 0 Å². The zero-order chi connectivity index (χ0) is 39.8. The predicted molar refractivity (Wildman–Crippen MR) is 217 cm³/mol. The number of pyridine rings is 2. The van der Waals surface area contributed by atoms with Gasteiger partial charge in [0.05, 0.1) is 35.2 Å². The number of carbonyl (C=O) groups excluding carboxylic acids is 3. The molecule has 3 saturated heterocycles. The highest BCUT2D eigenvalue weighted by Crippen LogP contribution is 2.36. The lowest BCUT2D eigenvalue weighted by molar-refractivity contribution is -0.134. The molecule has 5 aromatic rings. The zero-order valence-corrected chi connectivity index (χ0v) is 33.0. The SMILES string of the molecule is CNC(=O)COc1cc2cc(Nc3nc(N4CCC(CC5CCN(c6ccc7c(C8CCC(=O)NC8=O)nn(C)c7c6)CC5)CC4)ncc3Cl)cnc2n(C)c1=O. The average Bonchev–Trinajstić information content (AvgIpc) is 3.54. The van der Waals surface area contributed by atoms with Gasteiger partial charge >= 0.3 is 0 Å².